The molecular formula is C14H17F3N2O4S. The fourth-order valence-electron chi connectivity index (χ4n) is 1.74. The first-order valence-corrected chi connectivity index (χ1v) is 8.49. The van der Waals surface area contributed by atoms with Gasteiger partial charge in [0.15, 0.2) is 0 Å². The number of sulfonamides is 1. The van der Waals surface area contributed by atoms with E-state index >= 15 is 0 Å². The summed E-state index contributed by atoms with van der Waals surface area (Å²) in [4.78, 5) is 22.6. The van der Waals surface area contributed by atoms with Crippen LogP contribution in [0.25, 0.3) is 0 Å². The summed E-state index contributed by atoms with van der Waals surface area (Å²) >= 11 is 0. The summed E-state index contributed by atoms with van der Waals surface area (Å²) in [5.74, 6) is -2.05. The molecule has 134 valence electrons. The number of rotatable bonds is 6. The Hall–Kier alpha value is -1.94. The van der Waals surface area contributed by atoms with Crippen molar-refractivity contribution in [2.75, 3.05) is 13.6 Å². The molecule has 0 aliphatic carbocycles. The van der Waals surface area contributed by atoms with Crippen molar-refractivity contribution in [2.24, 2.45) is 0 Å². The van der Waals surface area contributed by atoms with E-state index in [4.69, 9.17) is 0 Å². The molecule has 1 rings (SSSR count). The molecule has 0 fully saturated rings. The van der Waals surface area contributed by atoms with Crippen LogP contribution < -0.4 is 5.32 Å². The molecule has 0 aliphatic rings. The summed E-state index contributed by atoms with van der Waals surface area (Å²) in [5.41, 5.74) is -1.01. The number of carbonyl (C=O) groups is 2. The van der Waals surface area contributed by atoms with Gasteiger partial charge in [0.25, 0.3) is 0 Å². The number of carbonyl (C=O) groups excluding carboxylic acids is 2. The highest BCUT2D eigenvalue weighted by molar-refractivity contribution is 7.88. The zero-order valence-corrected chi connectivity index (χ0v) is 13.9. The van der Waals surface area contributed by atoms with Gasteiger partial charge in [-0.25, -0.2) is 8.42 Å². The minimum absolute atomic E-state index is 0.0540. The van der Waals surface area contributed by atoms with Crippen LogP contribution in [-0.4, -0.2) is 38.1 Å². The van der Waals surface area contributed by atoms with Crippen LogP contribution in [0.2, 0.25) is 0 Å². The van der Waals surface area contributed by atoms with E-state index < -0.39 is 45.9 Å². The number of amides is 2. The summed E-state index contributed by atoms with van der Waals surface area (Å²) in [6, 6.07) is 3.94. The van der Waals surface area contributed by atoms with Crippen LogP contribution in [0.15, 0.2) is 24.3 Å². The van der Waals surface area contributed by atoms with Gasteiger partial charge in [-0.1, -0.05) is 25.1 Å². The van der Waals surface area contributed by atoms with E-state index in [1.54, 1.807) is 0 Å². The zero-order chi connectivity index (χ0) is 18.5. The molecule has 0 heterocycles. The Bertz CT molecular complexity index is 717. The molecule has 24 heavy (non-hydrogen) atoms. The molecular weight excluding hydrogens is 349 g/mol. The van der Waals surface area contributed by atoms with E-state index in [1.807, 2.05) is 5.32 Å². The van der Waals surface area contributed by atoms with Gasteiger partial charge in [-0.2, -0.15) is 17.5 Å². The lowest BCUT2D eigenvalue weighted by molar-refractivity contribution is -0.137. The Balaban J connectivity index is 2.82. The third-order valence-corrected chi connectivity index (χ3v) is 4.82. The molecule has 0 saturated carbocycles. The fourth-order valence-corrected chi connectivity index (χ4v) is 2.88. The molecule has 0 saturated heterocycles. The summed E-state index contributed by atoms with van der Waals surface area (Å²) in [6.45, 7) is 0.920. The molecule has 1 aromatic carbocycles. The molecule has 0 atom stereocenters. The van der Waals surface area contributed by atoms with E-state index in [-0.39, 0.29) is 12.0 Å². The highest BCUT2D eigenvalue weighted by atomic mass is 32.2. The summed E-state index contributed by atoms with van der Waals surface area (Å²) in [7, 11) is -2.91. The van der Waals surface area contributed by atoms with E-state index in [2.05, 4.69) is 0 Å². The van der Waals surface area contributed by atoms with Gasteiger partial charge >= 0.3 is 6.18 Å². The van der Waals surface area contributed by atoms with Gasteiger partial charge in [-0.3, -0.25) is 14.9 Å². The van der Waals surface area contributed by atoms with Crippen molar-refractivity contribution in [2.45, 2.75) is 25.3 Å². The second-order valence-electron chi connectivity index (χ2n) is 5.04. The monoisotopic (exact) mass is 366 g/mol. The highest BCUT2D eigenvalue weighted by Gasteiger charge is 2.31. The van der Waals surface area contributed by atoms with Crippen LogP contribution in [0.4, 0.5) is 13.2 Å². The molecule has 0 spiro atoms. The van der Waals surface area contributed by atoms with Crippen molar-refractivity contribution >= 4 is 21.8 Å². The van der Waals surface area contributed by atoms with Gasteiger partial charge in [0.05, 0.1) is 17.9 Å². The third-order valence-electron chi connectivity index (χ3n) is 3.04. The van der Waals surface area contributed by atoms with Crippen molar-refractivity contribution in [3.63, 3.8) is 0 Å². The van der Waals surface area contributed by atoms with Crippen LogP contribution in [0.5, 0.6) is 0 Å². The normalized spacial score (nSPS) is 12.2. The molecule has 2 amide bonds. The van der Waals surface area contributed by atoms with Crippen molar-refractivity contribution in [1.82, 2.24) is 9.62 Å². The summed E-state index contributed by atoms with van der Waals surface area (Å²) < 4.78 is 62.9. The smallest absolute Gasteiger partial charge is 0.295 e. The number of benzene rings is 1. The second kappa shape index (κ2) is 7.75. The predicted molar refractivity (Wildman–Crippen MR) is 80.1 cm³/mol. The molecule has 0 unspecified atom stereocenters. The van der Waals surface area contributed by atoms with E-state index in [0.717, 1.165) is 25.2 Å². The molecule has 10 heteroatoms. The molecule has 0 aromatic heterocycles. The quantitative estimate of drug-likeness (QED) is 0.827. The summed E-state index contributed by atoms with van der Waals surface area (Å²) in [6.07, 6.45) is -4.52. The third kappa shape index (κ3) is 5.93. The van der Waals surface area contributed by atoms with Crippen LogP contribution in [-0.2, 0) is 31.5 Å². The van der Waals surface area contributed by atoms with Crippen molar-refractivity contribution < 1.29 is 31.2 Å². The first kappa shape index (κ1) is 20.1. The fraction of sp³-hybridized carbons (Fsp3) is 0.429. The van der Waals surface area contributed by atoms with Crippen molar-refractivity contribution in [3.8, 4) is 0 Å². The van der Waals surface area contributed by atoms with Crippen molar-refractivity contribution in [3.05, 3.63) is 35.4 Å². The maximum absolute atomic E-state index is 12.6. The Morgan fingerprint density at radius 1 is 1.21 bits per heavy atom. The lowest BCUT2D eigenvalue weighted by Gasteiger charge is -2.17. The van der Waals surface area contributed by atoms with Gasteiger partial charge in [0.2, 0.25) is 21.8 Å². The number of nitrogens with zero attached hydrogens (tertiary/aromatic N) is 1. The SMILES string of the molecule is CCC(=O)NC(=O)CN(C)S(=O)(=O)Cc1cccc(C(F)(F)F)c1. The number of hydrogen-bond donors (Lipinski definition) is 1. The molecule has 0 bridgehead atoms. The van der Waals surface area contributed by atoms with E-state index in [0.29, 0.717) is 4.31 Å². The average Bonchev–Trinajstić information content (AvgIpc) is 2.45. The maximum Gasteiger partial charge on any atom is 0.416 e. The Kier molecular flexibility index (Phi) is 6.50. The minimum atomic E-state index is -4.58. The van der Waals surface area contributed by atoms with Gasteiger partial charge in [-0.05, 0) is 11.6 Å². The Morgan fingerprint density at radius 2 is 1.83 bits per heavy atom. The van der Waals surface area contributed by atoms with Crippen LogP contribution in [0.3, 0.4) is 0 Å². The van der Waals surface area contributed by atoms with E-state index in [9.17, 15) is 31.2 Å². The zero-order valence-electron chi connectivity index (χ0n) is 13.1. The van der Waals surface area contributed by atoms with Crippen LogP contribution >= 0.6 is 0 Å². The molecule has 1 N–H and O–H groups in total. The lowest BCUT2D eigenvalue weighted by Crippen LogP contribution is -2.40. The van der Waals surface area contributed by atoms with Gasteiger partial charge < -0.3 is 0 Å². The number of alkyl halides is 3. The van der Waals surface area contributed by atoms with Crippen LogP contribution in [0.1, 0.15) is 24.5 Å². The van der Waals surface area contributed by atoms with Gasteiger partial charge in [0, 0.05) is 13.5 Å². The minimum Gasteiger partial charge on any atom is -0.295 e. The average molecular weight is 366 g/mol. The molecule has 0 radical (unpaired) electrons. The number of halogens is 3. The maximum atomic E-state index is 12.6. The molecule has 6 nitrogen and oxygen atoms in total. The highest BCUT2D eigenvalue weighted by Crippen LogP contribution is 2.29. The predicted octanol–water partition coefficient (Wildman–Crippen LogP) is 1.52. The molecule has 0 aliphatic heterocycles. The van der Waals surface area contributed by atoms with Gasteiger partial charge in [-0.15, -0.1) is 0 Å². The summed E-state index contributed by atoms with van der Waals surface area (Å²) in [5, 5.41) is 1.99. The van der Waals surface area contributed by atoms with Crippen molar-refractivity contribution in [1.29, 1.82) is 0 Å². The largest absolute Gasteiger partial charge is 0.416 e. The Morgan fingerprint density at radius 3 is 2.38 bits per heavy atom. The number of nitrogens with one attached hydrogen (secondary N) is 1. The number of imide groups is 1. The van der Waals surface area contributed by atoms with Gasteiger partial charge in [0.1, 0.15) is 0 Å². The standard InChI is InChI=1S/C14H17F3N2O4S/c1-3-12(20)18-13(21)8-19(2)24(22,23)9-10-5-4-6-11(7-10)14(15,16)17/h4-7H,3,8-9H2,1-2H3,(H,18,20,21). The van der Waals surface area contributed by atoms with Crippen LogP contribution in [0, 0.1) is 0 Å². The topological polar surface area (TPSA) is 83.6 Å². The first-order chi connectivity index (χ1) is 11.0. The number of likely N-dealkylation sites (N-methyl/N-ethyl adjacent to an activating group) is 1. The first-order valence-electron chi connectivity index (χ1n) is 6.88. The lowest BCUT2D eigenvalue weighted by atomic mass is 10.1. The second-order valence-corrected chi connectivity index (χ2v) is 7.11. The number of hydrogen-bond acceptors (Lipinski definition) is 4. The molecule has 1 aromatic rings. The Labute approximate surface area is 137 Å². The van der Waals surface area contributed by atoms with E-state index in [1.165, 1.54) is 13.0 Å².